The first kappa shape index (κ1) is 13.5. The summed E-state index contributed by atoms with van der Waals surface area (Å²) in [7, 11) is -3.67. The Morgan fingerprint density at radius 2 is 2.00 bits per heavy atom. The normalized spacial score (nSPS) is 10.1. The molecule has 84 valence electrons. The van der Waals surface area contributed by atoms with Gasteiger partial charge < -0.3 is 5.73 Å². The van der Waals surface area contributed by atoms with Crippen molar-refractivity contribution < 1.29 is 17.8 Å². The standard InChI is InChI=1S/C7H8N2O.CH4O3S/c1-5-6(7(8)10)3-2-4-9-5;1-5(2,3)4/h2-4H,1H3,(H2,8,10);1H3,(H,2,3,4). The van der Waals surface area contributed by atoms with E-state index in [0.29, 0.717) is 17.5 Å². The van der Waals surface area contributed by atoms with Gasteiger partial charge in [0.2, 0.25) is 0 Å². The molecular weight excluding hydrogens is 220 g/mol. The second-order valence-electron chi connectivity index (χ2n) is 2.73. The van der Waals surface area contributed by atoms with Gasteiger partial charge in [-0.1, -0.05) is 0 Å². The summed E-state index contributed by atoms with van der Waals surface area (Å²) in [4.78, 5) is 14.5. The van der Waals surface area contributed by atoms with Gasteiger partial charge >= 0.3 is 0 Å². The van der Waals surface area contributed by atoms with Gasteiger partial charge in [-0.3, -0.25) is 14.3 Å². The molecule has 0 aliphatic heterocycles. The van der Waals surface area contributed by atoms with Gasteiger partial charge in [0, 0.05) is 11.9 Å². The van der Waals surface area contributed by atoms with Gasteiger partial charge in [0.05, 0.1) is 11.8 Å². The van der Waals surface area contributed by atoms with Crippen molar-refractivity contribution in [2.45, 2.75) is 6.92 Å². The summed E-state index contributed by atoms with van der Waals surface area (Å²) in [5, 5.41) is 0. The van der Waals surface area contributed by atoms with Crippen molar-refractivity contribution in [2.75, 3.05) is 6.26 Å². The van der Waals surface area contributed by atoms with E-state index in [1.165, 1.54) is 0 Å². The summed E-state index contributed by atoms with van der Waals surface area (Å²) in [5.74, 6) is -0.425. The van der Waals surface area contributed by atoms with Crippen molar-refractivity contribution in [1.29, 1.82) is 0 Å². The van der Waals surface area contributed by atoms with Crippen LogP contribution in [0, 0.1) is 6.92 Å². The number of primary amides is 1. The lowest BCUT2D eigenvalue weighted by Gasteiger charge is -1.96. The number of aryl methyl sites for hydroxylation is 1. The molecule has 0 radical (unpaired) electrons. The van der Waals surface area contributed by atoms with E-state index in [4.69, 9.17) is 10.3 Å². The molecule has 1 aromatic heterocycles. The molecule has 0 bridgehead atoms. The molecule has 1 heterocycles. The zero-order valence-electron chi connectivity index (χ0n) is 8.34. The Balaban J connectivity index is 0.000000336. The van der Waals surface area contributed by atoms with Crippen molar-refractivity contribution in [3.8, 4) is 0 Å². The molecule has 1 aromatic rings. The maximum atomic E-state index is 10.6. The Morgan fingerprint density at radius 1 is 1.53 bits per heavy atom. The fraction of sp³-hybridized carbons (Fsp3) is 0.250. The smallest absolute Gasteiger partial charge is 0.261 e. The van der Waals surface area contributed by atoms with Gasteiger partial charge in [-0.2, -0.15) is 8.42 Å². The van der Waals surface area contributed by atoms with Crippen LogP contribution in [0.5, 0.6) is 0 Å². The number of amides is 1. The van der Waals surface area contributed by atoms with Crippen LogP contribution < -0.4 is 5.73 Å². The van der Waals surface area contributed by atoms with E-state index < -0.39 is 16.0 Å². The SMILES string of the molecule is CS(=O)(=O)O.Cc1ncccc1C(N)=O. The second kappa shape index (κ2) is 5.42. The first-order valence-corrected chi connectivity index (χ1v) is 5.70. The lowest BCUT2D eigenvalue weighted by atomic mass is 10.2. The van der Waals surface area contributed by atoms with Gasteiger partial charge in [0.15, 0.2) is 0 Å². The van der Waals surface area contributed by atoms with Crippen LogP contribution in [0.2, 0.25) is 0 Å². The Morgan fingerprint density at radius 3 is 2.27 bits per heavy atom. The maximum Gasteiger partial charge on any atom is 0.261 e. The molecule has 0 aromatic carbocycles. The number of nitrogens with two attached hydrogens (primary N) is 1. The zero-order chi connectivity index (χ0) is 12.1. The number of pyridine rings is 1. The summed E-state index contributed by atoms with van der Waals surface area (Å²) in [6.45, 7) is 1.75. The number of aromatic nitrogens is 1. The second-order valence-corrected chi connectivity index (χ2v) is 4.20. The summed E-state index contributed by atoms with van der Waals surface area (Å²) >= 11 is 0. The van der Waals surface area contributed by atoms with Crippen molar-refractivity contribution in [2.24, 2.45) is 5.73 Å². The van der Waals surface area contributed by atoms with Crippen LogP contribution in [0.15, 0.2) is 18.3 Å². The molecule has 0 atom stereocenters. The highest BCUT2D eigenvalue weighted by molar-refractivity contribution is 7.85. The average molecular weight is 232 g/mol. The van der Waals surface area contributed by atoms with Gasteiger partial charge in [-0.05, 0) is 19.1 Å². The number of carbonyl (C=O) groups is 1. The molecule has 7 heteroatoms. The summed E-state index contributed by atoms with van der Waals surface area (Å²) in [6, 6.07) is 3.34. The number of carbonyl (C=O) groups excluding carboxylic acids is 1. The fourth-order valence-electron chi connectivity index (χ4n) is 0.745. The van der Waals surface area contributed by atoms with Gasteiger partial charge in [-0.25, -0.2) is 0 Å². The highest BCUT2D eigenvalue weighted by Gasteiger charge is 2.02. The number of hydrogen-bond acceptors (Lipinski definition) is 4. The van der Waals surface area contributed by atoms with E-state index in [9.17, 15) is 13.2 Å². The average Bonchev–Trinajstić information content (AvgIpc) is 2.01. The Labute approximate surface area is 87.9 Å². The molecule has 0 aliphatic carbocycles. The number of hydrogen-bond donors (Lipinski definition) is 2. The van der Waals surface area contributed by atoms with E-state index in [2.05, 4.69) is 4.98 Å². The quantitative estimate of drug-likeness (QED) is 0.662. The highest BCUT2D eigenvalue weighted by Crippen LogP contribution is 2.00. The van der Waals surface area contributed by atoms with Crippen molar-refractivity contribution in [1.82, 2.24) is 4.98 Å². The molecule has 3 N–H and O–H groups in total. The lowest BCUT2D eigenvalue weighted by molar-refractivity contribution is 0.0999. The minimum Gasteiger partial charge on any atom is -0.366 e. The zero-order valence-corrected chi connectivity index (χ0v) is 9.15. The van der Waals surface area contributed by atoms with E-state index in [1.54, 1.807) is 25.3 Å². The van der Waals surface area contributed by atoms with Crippen LogP contribution in [0.1, 0.15) is 16.1 Å². The van der Waals surface area contributed by atoms with Crippen molar-refractivity contribution >= 4 is 16.0 Å². The molecule has 1 amide bonds. The van der Waals surface area contributed by atoms with E-state index in [1.807, 2.05) is 0 Å². The molecule has 0 saturated carbocycles. The fourth-order valence-corrected chi connectivity index (χ4v) is 0.745. The predicted molar refractivity (Wildman–Crippen MR) is 55.0 cm³/mol. The third kappa shape index (κ3) is 7.59. The number of rotatable bonds is 1. The van der Waals surface area contributed by atoms with Crippen LogP contribution in [0.25, 0.3) is 0 Å². The third-order valence-corrected chi connectivity index (χ3v) is 1.27. The molecule has 0 spiro atoms. The van der Waals surface area contributed by atoms with Gasteiger partial charge in [-0.15, -0.1) is 0 Å². The van der Waals surface area contributed by atoms with E-state index >= 15 is 0 Å². The van der Waals surface area contributed by atoms with E-state index in [-0.39, 0.29) is 0 Å². The molecule has 0 saturated heterocycles. The van der Waals surface area contributed by atoms with Crippen LogP contribution in [0.4, 0.5) is 0 Å². The minimum absolute atomic E-state index is 0.425. The minimum atomic E-state index is -3.67. The molecule has 0 unspecified atom stereocenters. The van der Waals surface area contributed by atoms with Crippen LogP contribution in [-0.4, -0.2) is 30.1 Å². The first-order valence-electron chi connectivity index (χ1n) is 3.85. The lowest BCUT2D eigenvalue weighted by Crippen LogP contribution is -2.12. The van der Waals surface area contributed by atoms with E-state index in [0.717, 1.165) is 0 Å². The Kier molecular flexibility index (Phi) is 4.89. The maximum absolute atomic E-state index is 10.6. The van der Waals surface area contributed by atoms with Crippen LogP contribution >= 0.6 is 0 Å². The van der Waals surface area contributed by atoms with Gasteiger partial charge in [0.25, 0.3) is 16.0 Å². The Bertz CT molecular complexity index is 434. The molecule has 0 fully saturated rings. The predicted octanol–water partition coefficient (Wildman–Crippen LogP) is -0.00708. The van der Waals surface area contributed by atoms with Crippen molar-refractivity contribution in [3.05, 3.63) is 29.6 Å². The summed E-state index contributed by atoms with van der Waals surface area (Å²) in [5.41, 5.74) is 6.20. The molecule has 1 rings (SSSR count). The first-order chi connectivity index (χ1) is 6.72. The molecule has 15 heavy (non-hydrogen) atoms. The summed E-state index contributed by atoms with van der Waals surface area (Å²) < 4.78 is 25.9. The molecule has 6 nitrogen and oxygen atoms in total. The highest BCUT2D eigenvalue weighted by atomic mass is 32.2. The molecular formula is C8H12N2O4S. The number of nitrogens with zero attached hydrogens (tertiary/aromatic N) is 1. The molecule has 0 aliphatic rings. The van der Waals surface area contributed by atoms with Gasteiger partial charge in [0.1, 0.15) is 0 Å². The topological polar surface area (TPSA) is 110 Å². The Hall–Kier alpha value is -1.47. The summed E-state index contributed by atoms with van der Waals surface area (Å²) in [6.07, 6.45) is 2.34. The van der Waals surface area contributed by atoms with Crippen molar-refractivity contribution in [3.63, 3.8) is 0 Å². The third-order valence-electron chi connectivity index (χ3n) is 1.27. The van der Waals surface area contributed by atoms with Crippen LogP contribution in [-0.2, 0) is 10.1 Å². The van der Waals surface area contributed by atoms with Crippen LogP contribution in [0.3, 0.4) is 0 Å². The largest absolute Gasteiger partial charge is 0.366 e. The monoisotopic (exact) mass is 232 g/mol.